The van der Waals surface area contributed by atoms with Gasteiger partial charge in [-0.2, -0.15) is 0 Å². The van der Waals surface area contributed by atoms with Crippen molar-refractivity contribution >= 4 is 10.9 Å². The molecule has 4 nitrogen and oxygen atoms in total. The van der Waals surface area contributed by atoms with E-state index in [1.165, 1.54) is 0 Å². The fourth-order valence-corrected chi connectivity index (χ4v) is 2.49. The molecule has 0 aliphatic heterocycles. The second-order valence-corrected chi connectivity index (χ2v) is 6.23. The van der Waals surface area contributed by atoms with Crippen LogP contribution in [0.2, 0.25) is 0 Å². The van der Waals surface area contributed by atoms with E-state index in [1.54, 1.807) is 24.3 Å². The zero-order chi connectivity index (χ0) is 18.0. The maximum absolute atomic E-state index is 14.3. The molecule has 2 aromatic carbocycles. The largest absolute Gasteiger partial charge is 0.490 e. The summed E-state index contributed by atoms with van der Waals surface area (Å²) < 4.78 is 33.5. The SMILES string of the molecule is CC(C)CCOc1c(F)cc(F)cc1-c1nc2ccccc2c(=O)[nH]1. The third-order valence-corrected chi connectivity index (χ3v) is 3.82. The number of halogens is 2. The molecule has 130 valence electrons. The van der Waals surface area contributed by atoms with E-state index in [2.05, 4.69) is 9.97 Å². The smallest absolute Gasteiger partial charge is 0.259 e. The van der Waals surface area contributed by atoms with Crippen molar-refractivity contribution < 1.29 is 13.5 Å². The van der Waals surface area contributed by atoms with Crippen LogP contribution in [-0.2, 0) is 0 Å². The maximum atomic E-state index is 14.3. The minimum absolute atomic E-state index is 0.0710. The molecule has 0 saturated carbocycles. The molecule has 25 heavy (non-hydrogen) atoms. The van der Waals surface area contributed by atoms with Crippen LogP contribution in [0.25, 0.3) is 22.3 Å². The number of aromatic nitrogens is 2. The molecule has 0 radical (unpaired) electrons. The highest BCUT2D eigenvalue weighted by molar-refractivity contribution is 5.80. The molecule has 0 atom stereocenters. The Labute approximate surface area is 143 Å². The number of rotatable bonds is 5. The lowest BCUT2D eigenvalue weighted by atomic mass is 10.1. The van der Waals surface area contributed by atoms with Crippen LogP contribution in [0.15, 0.2) is 41.2 Å². The van der Waals surface area contributed by atoms with Crippen LogP contribution >= 0.6 is 0 Å². The summed E-state index contributed by atoms with van der Waals surface area (Å²) in [5.41, 5.74) is 0.154. The summed E-state index contributed by atoms with van der Waals surface area (Å²) in [4.78, 5) is 19.1. The summed E-state index contributed by atoms with van der Waals surface area (Å²) in [7, 11) is 0. The first kappa shape index (κ1) is 17.1. The van der Waals surface area contributed by atoms with Gasteiger partial charge in [0, 0.05) is 6.07 Å². The first-order valence-electron chi connectivity index (χ1n) is 8.07. The number of nitrogens with zero attached hydrogens (tertiary/aromatic N) is 1. The number of hydrogen-bond donors (Lipinski definition) is 1. The highest BCUT2D eigenvalue weighted by Crippen LogP contribution is 2.32. The van der Waals surface area contributed by atoms with E-state index in [0.29, 0.717) is 16.8 Å². The summed E-state index contributed by atoms with van der Waals surface area (Å²) >= 11 is 0. The van der Waals surface area contributed by atoms with Gasteiger partial charge in [0.05, 0.1) is 23.1 Å². The van der Waals surface area contributed by atoms with E-state index < -0.39 is 11.6 Å². The van der Waals surface area contributed by atoms with Crippen molar-refractivity contribution in [2.24, 2.45) is 5.92 Å². The topological polar surface area (TPSA) is 55.0 Å². The Bertz CT molecular complexity index is 967. The average Bonchev–Trinajstić information content (AvgIpc) is 2.56. The van der Waals surface area contributed by atoms with Gasteiger partial charge in [-0.3, -0.25) is 4.79 Å². The van der Waals surface area contributed by atoms with Crippen molar-refractivity contribution in [3.8, 4) is 17.1 Å². The predicted octanol–water partition coefficient (Wildman–Crippen LogP) is 4.29. The molecule has 3 rings (SSSR count). The fourth-order valence-electron chi connectivity index (χ4n) is 2.49. The van der Waals surface area contributed by atoms with E-state index in [0.717, 1.165) is 18.6 Å². The van der Waals surface area contributed by atoms with E-state index in [9.17, 15) is 13.6 Å². The maximum Gasteiger partial charge on any atom is 0.259 e. The van der Waals surface area contributed by atoms with Gasteiger partial charge in [0.15, 0.2) is 11.6 Å². The molecule has 1 N–H and O–H groups in total. The van der Waals surface area contributed by atoms with Crippen molar-refractivity contribution in [3.05, 3.63) is 58.4 Å². The molecule has 0 bridgehead atoms. The van der Waals surface area contributed by atoms with Gasteiger partial charge in [-0.15, -0.1) is 0 Å². The average molecular weight is 344 g/mol. The lowest BCUT2D eigenvalue weighted by Crippen LogP contribution is -2.11. The fraction of sp³-hybridized carbons (Fsp3) is 0.263. The molecule has 0 spiro atoms. The highest BCUT2D eigenvalue weighted by Gasteiger charge is 2.17. The van der Waals surface area contributed by atoms with E-state index >= 15 is 0 Å². The Hall–Kier alpha value is -2.76. The molecule has 0 saturated heterocycles. The molecular formula is C19H18F2N2O2. The number of para-hydroxylation sites is 1. The zero-order valence-electron chi connectivity index (χ0n) is 14.0. The van der Waals surface area contributed by atoms with E-state index in [1.807, 2.05) is 13.8 Å². The van der Waals surface area contributed by atoms with Gasteiger partial charge in [-0.05, 0) is 30.5 Å². The van der Waals surface area contributed by atoms with Crippen molar-refractivity contribution in [2.75, 3.05) is 6.61 Å². The monoisotopic (exact) mass is 344 g/mol. The van der Waals surface area contributed by atoms with Crippen molar-refractivity contribution in [1.29, 1.82) is 0 Å². The zero-order valence-corrected chi connectivity index (χ0v) is 14.0. The van der Waals surface area contributed by atoms with Gasteiger partial charge in [0.25, 0.3) is 5.56 Å². The number of fused-ring (bicyclic) bond motifs is 1. The van der Waals surface area contributed by atoms with Gasteiger partial charge in [-0.25, -0.2) is 13.8 Å². The first-order chi connectivity index (χ1) is 12.0. The van der Waals surface area contributed by atoms with Gasteiger partial charge in [0.1, 0.15) is 11.6 Å². The molecule has 1 heterocycles. The van der Waals surface area contributed by atoms with Gasteiger partial charge in [-0.1, -0.05) is 26.0 Å². The van der Waals surface area contributed by atoms with Crippen LogP contribution in [0.3, 0.4) is 0 Å². The Morgan fingerprint density at radius 2 is 1.96 bits per heavy atom. The molecule has 0 fully saturated rings. The molecule has 0 aliphatic carbocycles. The van der Waals surface area contributed by atoms with Crippen LogP contribution < -0.4 is 10.3 Å². The van der Waals surface area contributed by atoms with E-state index in [4.69, 9.17) is 4.74 Å². The third-order valence-electron chi connectivity index (χ3n) is 3.82. The summed E-state index contributed by atoms with van der Waals surface area (Å²) in [5.74, 6) is -1.25. The van der Waals surface area contributed by atoms with Crippen molar-refractivity contribution in [3.63, 3.8) is 0 Å². The van der Waals surface area contributed by atoms with Crippen LogP contribution in [0, 0.1) is 17.6 Å². The summed E-state index contributed by atoms with van der Waals surface area (Å²) in [6.45, 7) is 4.33. The van der Waals surface area contributed by atoms with E-state index in [-0.39, 0.29) is 29.3 Å². The number of benzene rings is 2. The Morgan fingerprint density at radius 3 is 2.72 bits per heavy atom. The molecule has 0 amide bonds. The second kappa shape index (κ2) is 7.01. The minimum atomic E-state index is -0.824. The molecule has 0 aliphatic rings. The summed E-state index contributed by atoms with van der Waals surface area (Å²) in [5, 5.41) is 0.408. The summed E-state index contributed by atoms with van der Waals surface area (Å²) in [6.07, 6.45) is 0.720. The highest BCUT2D eigenvalue weighted by atomic mass is 19.1. The van der Waals surface area contributed by atoms with Gasteiger partial charge < -0.3 is 9.72 Å². The number of hydrogen-bond acceptors (Lipinski definition) is 3. The lowest BCUT2D eigenvalue weighted by Gasteiger charge is -2.13. The van der Waals surface area contributed by atoms with Crippen molar-refractivity contribution in [1.82, 2.24) is 9.97 Å². The second-order valence-electron chi connectivity index (χ2n) is 6.23. The Balaban J connectivity index is 2.11. The van der Waals surface area contributed by atoms with Crippen LogP contribution in [-0.4, -0.2) is 16.6 Å². The molecule has 3 aromatic rings. The van der Waals surface area contributed by atoms with Gasteiger partial charge >= 0.3 is 0 Å². The number of aromatic amines is 1. The number of nitrogens with one attached hydrogen (secondary N) is 1. The van der Waals surface area contributed by atoms with Crippen molar-refractivity contribution in [2.45, 2.75) is 20.3 Å². The number of H-pyrrole nitrogens is 1. The molecular weight excluding hydrogens is 326 g/mol. The Kier molecular flexibility index (Phi) is 4.79. The quantitative estimate of drug-likeness (QED) is 0.751. The standard InChI is InChI=1S/C19H18F2N2O2/c1-11(2)7-8-25-17-14(9-12(20)10-15(17)21)18-22-16-6-4-3-5-13(16)19(24)23-18/h3-6,9-11H,7-8H2,1-2H3,(H,22,23,24). The Morgan fingerprint density at radius 1 is 1.20 bits per heavy atom. The first-order valence-corrected chi connectivity index (χ1v) is 8.07. The van der Waals surface area contributed by atoms with Crippen LogP contribution in [0.5, 0.6) is 5.75 Å². The van der Waals surface area contributed by atoms with Crippen LogP contribution in [0.4, 0.5) is 8.78 Å². The lowest BCUT2D eigenvalue weighted by molar-refractivity contribution is 0.277. The van der Waals surface area contributed by atoms with Crippen LogP contribution in [0.1, 0.15) is 20.3 Å². The summed E-state index contributed by atoms with van der Waals surface area (Å²) in [6, 6.07) is 8.64. The molecule has 6 heteroatoms. The molecule has 1 aromatic heterocycles. The normalized spacial score (nSPS) is 11.2. The predicted molar refractivity (Wildman–Crippen MR) is 92.7 cm³/mol. The molecule has 0 unspecified atom stereocenters. The minimum Gasteiger partial charge on any atom is -0.490 e. The van der Waals surface area contributed by atoms with Gasteiger partial charge in [0.2, 0.25) is 0 Å². The third kappa shape index (κ3) is 3.68. The number of ether oxygens (including phenoxy) is 1.